The van der Waals surface area contributed by atoms with E-state index in [0.717, 1.165) is 9.13 Å². The fourth-order valence-electron chi connectivity index (χ4n) is 2.26. The van der Waals surface area contributed by atoms with E-state index in [9.17, 15) is 4.79 Å². The molecule has 0 bridgehead atoms. The molecule has 1 aromatic heterocycles. The Labute approximate surface area is 184 Å². The molecule has 0 radical (unpaired) electrons. The number of hydrogen-bond donors (Lipinski definition) is 2. The summed E-state index contributed by atoms with van der Waals surface area (Å²) in [5, 5.41) is 11.3. The number of carbonyl (C=O) groups is 1. The van der Waals surface area contributed by atoms with Crippen LogP contribution in [0.2, 0.25) is 5.02 Å². The summed E-state index contributed by atoms with van der Waals surface area (Å²) in [6.07, 6.45) is 1.45. The number of carbonyl (C=O) groups excluding carboxylic acids is 1. The van der Waals surface area contributed by atoms with E-state index in [-0.39, 0.29) is 11.5 Å². The highest BCUT2D eigenvalue weighted by Gasteiger charge is 2.15. The second kappa shape index (κ2) is 9.56. The van der Waals surface area contributed by atoms with Crippen LogP contribution >= 0.6 is 34.2 Å². The van der Waals surface area contributed by atoms with Crippen LogP contribution < -0.4 is 20.6 Å². The quantitative estimate of drug-likeness (QED) is 0.274. The van der Waals surface area contributed by atoms with Gasteiger partial charge in [-0.05, 0) is 68.3 Å². The van der Waals surface area contributed by atoms with Gasteiger partial charge in [-0.25, -0.2) is 10.1 Å². The lowest BCUT2D eigenvalue weighted by Gasteiger charge is -2.13. The number of benzene rings is 2. The lowest BCUT2D eigenvalue weighted by molar-refractivity contribution is 0.0946. The zero-order chi connectivity index (χ0) is 20.8. The van der Waals surface area contributed by atoms with Crippen molar-refractivity contribution in [1.82, 2.24) is 15.7 Å². The topological polar surface area (TPSA) is 125 Å². The number of halogens is 2. The maximum absolute atomic E-state index is 11.9. The molecule has 0 aliphatic rings. The van der Waals surface area contributed by atoms with E-state index in [4.69, 9.17) is 26.8 Å². The summed E-state index contributed by atoms with van der Waals surface area (Å²) >= 11 is 8.04. The summed E-state index contributed by atoms with van der Waals surface area (Å²) in [6, 6.07) is 11.0. The van der Waals surface area contributed by atoms with Crippen LogP contribution in [0.25, 0.3) is 0 Å². The Morgan fingerprint density at radius 2 is 2.10 bits per heavy atom. The summed E-state index contributed by atoms with van der Waals surface area (Å²) < 4.78 is 16.5. The highest BCUT2D eigenvalue weighted by molar-refractivity contribution is 14.1. The molecule has 3 aromatic rings. The van der Waals surface area contributed by atoms with Crippen LogP contribution in [-0.4, -0.2) is 29.5 Å². The van der Waals surface area contributed by atoms with Crippen molar-refractivity contribution in [3.8, 4) is 11.5 Å². The highest BCUT2D eigenvalue weighted by atomic mass is 127. The van der Waals surface area contributed by atoms with Crippen LogP contribution in [0.5, 0.6) is 11.5 Å². The smallest absolute Gasteiger partial charge is 0.297 e. The number of hydrazone groups is 1. The molecule has 0 spiro atoms. The van der Waals surface area contributed by atoms with Crippen molar-refractivity contribution in [2.45, 2.75) is 6.61 Å². The third-order valence-corrected chi connectivity index (χ3v) is 4.71. The molecule has 1 amide bonds. The van der Waals surface area contributed by atoms with Crippen molar-refractivity contribution >= 4 is 52.1 Å². The van der Waals surface area contributed by atoms with E-state index >= 15 is 0 Å². The van der Waals surface area contributed by atoms with Crippen LogP contribution in [0.4, 0.5) is 5.82 Å². The maximum atomic E-state index is 11.9. The fourth-order valence-corrected chi connectivity index (χ4v) is 3.17. The standard InChI is InChI=1S/C18H15ClIN5O4/c1-27-14-7-11(8-22-23-18(26)15-17(21)25-29-24-15)6-13(20)16(14)28-9-10-2-4-12(19)5-3-10/h2-8H,9H2,1H3,(H2,21,25)(H,23,26)/b22-8-. The number of nitrogens with two attached hydrogens (primary N) is 1. The number of rotatable bonds is 7. The van der Waals surface area contributed by atoms with E-state index in [1.807, 2.05) is 18.2 Å². The van der Waals surface area contributed by atoms with Crippen molar-refractivity contribution in [1.29, 1.82) is 0 Å². The largest absolute Gasteiger partial charge is 0.493 e. The van der Waals surface area contributed by atoms with Gasteiger partial charge in [0.05, 0.1) is 16.9 Å². The molecule has 0 saturated heterocycles. The lowest BCUT2D eigenvalue weighted by Crippen LogP contribution is -2.19. The number of anilines is 1. The van der Waals surface area contributed by atoms with Gasteiger partial charge in [-0.1, -0.05) is 23.7 Å². The first kappa shape index (κ1) is 20.9. The SMILES string of the molecule is COc1cc(/C=N\NC(=O)c2nonc2N)cc(I)c1OCc1ccc(Cl)cc1. The molecular weight excluding hydrogens is 513 g/mol. The molecule has 0 fully saturated rings. The minimum atomic E-state index is -0.635. The zero-order valence-electron chi connectivity index (χ0n) is 15.1. The summed E-state index contributed by atoms with van der Waals surface area (Å²) in [5.74, 6) is 0.384. The first-order chi connectivity index (χ1) is 14.0. The van der Waals surface area contributed by atoms with Crippen molar-refractivity contribution in [3.63, 3.8) is 0 Å². The van der Waals surface area contributed by atoms with E-state index in [0.29, 0.717) is 28.7 Å². The molecule has 11 heteroatoms. The second-order valence-electron chi connectivity index (χ2n) is 5.65. The summed E-state index contributed by atoms with van der Waals surface area (Å²) in [5.41, 5.74) is 9.29. The van der Waals surface area contributed by atoms with Crippen LogP contribution in [0, 0.1) is 3.57 Å². The summed E-state index contributed by atoms with van der Waals surface area (Å²) in [7, 11) is 1.55. The number of nitrogens with one attached hydrogen (secondary N) is 1. The highest BCUT2D eigenvalue weighted by Crippen LogP contribution is 2.34. The third kappa shape index (κ3) is 5.35. The zero-order valence-corrected chi connectivity index (χ0v) is 18.0. The number of aromatic nitrogens is 2. The average Bonchev–Trinajstić information content (AvgIpc) is 3.14. The monoisotopic (exact) mass is 527 g/mol. The second-order valence-corrected chi connectivity index (χ2v) is 7.25. The Hall–Kier alpha value is -2.86. The van der Waals surface area contributed by atoms with E-state index in [1.54, 1.807) is 25.3 Å². The molecule has 29 heavy (non-hydrogen) atoms. The van der Waals surface area contributed by atoms with Crippen molar-refractivity contribution in [2.24, 2.45) is 5.10 Å². The number of hydrogen-bond acceptors (Lipinski definition) is 8. The predicted octanol–water partition coefficient (Wildman–Crippen LogP) is 3.26. The van der Waals surface area contributed by atoms with Gasteiger partial charge in [0.2, 0.25) is 11.5 Å². The van der Waals surface area contributed by atoms with Gasteiger partial charge in [0.1, 0.15) is 6.61 Å². The number of ether oxygens (including phenoxy) is 2. The minimum Gasteiger partial charge on any atom is -0.493 e. The number of methoxy groups -OCH3 is 1. The van der Waals surface area contributed by atoms with Crippen LogP contribution in [-0.2, 0) is 6.61 Å². The molecule has 2 aromatic carbocycles. The molecule has 0 saturated carbocycles. The van der Waals surface area contributed by atoms with E-state index < -0.39 is 5.91 Å². The molecular formula is C18H15ClIN5O4. The van der Waals surface area contributed by atoms with Gasteiger partial charge in [0.15, 0.2) is 11.5 Å². The molecule has 9 nitrogen and oxygen atoms in total. The predicted molar refractivity (Wildman–Crippen MR) is 115 cm³/mol. The van der Waals surface area contributed by atoms with E-state index in [1.165, 1.54) is 6.21 Å². The van der Waals surface area contributed by atoms with Crippen LogP contribution in [0.3, 0.4) is 0 Å². The molecule has 0 unspecified atom stereocenters. The molecule has 1 heterocycles. The maximum Gasteiger partial charge on any atom is 0.297 e. The number of amides is 1. The molecule has 0 aliphatic carbocycles. The van der Waals surface area contributed by atoms with Gasteiger partial charge < -0.3 is 15.2 Å². The number of nitrogen functional groups attached to an aromatic ring is 1. The van der Waals surface area contributed by atoms with Gasteiger partial charge >= 0.3 is 0 Å². The molecule has 0 aliphatic heterocycles. The van der Waals surface area contributed by atoms with Gasteiger partial charge in [-0.15, -0.1) is 0 Å². The Morgan fingerprint density at radius 1 is 1.34 bits per heavy atom. The van der Waals surface area contributed by atoms with E-state index in [2.05, 4.69) is 48.1 Å². The molecule has 150 valence electrons. The molecule has 3 rings (SSSR count). The lowest BCUT2D eigenvalue weighted by atomic mass is 10.2. The Kier molecular flexibility index (Phi) is 6.88. The van der Waals surface area contributed by atoms with Crippen molar-refractivity contribution in [3.05, 3.63) is 61.8 Å². The Bertz CT molecular complexity index is 1040. The van der Waals surface area contributed by atoms with Crippen molar-refractivity contribution in [2.75, 3.05) is 12.8 Å². The minimum absolute atomic E-state index is 0.115. The van der Waals surface area contributed by atoms with Gasteiger partial charge in [-0.3, -0.25) is 4.79 Å². The Morgan fingerprint density at radius 3 is 2.76 bits per heavy atom. The average molecular weight is 528 g/mol. The van der Waals surface area contributed by atoms with Crippen molar-refractivity contribution < 1.29 is 18.9 Å². The van der Waals surface area contributed by atoms with Crippen LogP contribution in [0.1, 0.15) is 21.6 Å². The summed E-state index contributed by atoms with van der Waals surface area (Å²) in [4.78, 5) is 11.9. The van der Waals surface area contributed by atoms with Gasteiger partial charge in [0, 0.05) is 5.02 Å². The van der Waals surface area contributed by atoms with Gasteiger partial charge in [-0.2, -0.15) is 5.10 Å². The Balaban J connectivity index is 1.69. The third-order valence-electron chi connectivity index (χ3n) is 3.66. The summed E-state index contributed by atoms with van der Waals surface area (Å²) in [6.45, 7) is 0.361. The normalized spacial score (nSPS) is 10.9. The first-order valence-corrected chi connectivity index (χ1v) is 9.60. The fraction of sp³-hybridized carbons (Fsp3) is 0.111. The van der Waals surface area contributed by atoms with Gasteiger partial charge in [0.25, 0.3) is 5.91 Å². The first-order valence-electron chi connectivity index (χ1n) is 8.14. The molecule has 3 N–H and O–H groups in total. The van der Waals surface area contributed by atoms with Crippen LogP contribution in [0.15, 0.2) is 46.1 Å². The number of nitrogens with zero attached hydrogens (tertiary/aromatic N) is 3. The molecule has 0 atom stereocenters.